The number of hydrogen-bond acceptors (Lipinski definition) is 7. The lowest BCUT2D eigenvalue weighted by molar-refractivity contribution is 0.464. The molecule has 0 amide bonds. The van der Waals surface area contributed by atoms with E-state index in [0.29, 0.717) is 50.8 Å². The number of rotatable bonds is 4. The molecule has 3 N–H and O–H groups in total. The van der Waals surface area contributed by atoms with Gasteiger partial charge in [-0.2, -0.15) is 0 Å². The summed E-state index contributed by atoms with van der Waals surface area (Å²) < 4.78 is 34.4. The summed E-state index contributed by atoms with van der Waals surface area (Å²) in [4.78, 5) is 11.6. The van der Waals surface area contributed by atoms with Crippen LogP contribution in [0.5, 0.6) is 5.75 Å². The lowest BCUT2D eigenvalue weighted by Gasteiger charge is -2.34. The average Bonchev–Trinajstić information content (AvgIpc) is 3.22. The molecule has 9 heteroatoms. The molecule has 2 aliphatic heterocycles. The summed E-state index contributed by atoms with van der Waals surface area (Å²) in [6, 6.07) is 6.37. The van der Waals surface area contributed by atoms with Crippen molar-refractivity contribution in [2.75, 3.05) is 29.0 Å². The largest absolute Gasteiger partial charge is 0.508 e. The van der Waals surface area contributed by atoms with E-state index in [1.165, 1.54) is 36.2 Å². The highest BCUT2D eigenvalue weighted by Gasteiger charge is 2.34. The number of pyridine rings is 2. The first kappa shape index (κ1) is 23.8. The number of fused-ring (bicyclic) bond motifs is 4. The van der Waals surface area contributed by atoms with Crippen molar-refractivity contribution in [3.63, 3.8) is 0 Å². The fourth-order valence-corrected chi connectivity index (χ4v) is 6.13. The molecule has 188 valence electrons. The number of phenolic OH excluding ortho intramolecular Hbond substituents is 1. The minimum atomic E-state index is -0.592. The van der Waals surface area contributed by atoms with E-state index >= 15 is 4.39 Å². The van der Waals surface area contributed by atoms with Crippen LogP contribution in [0.1, 0.15) is 24.0 Å². The normalized spacial score (nSPS) is 18.9. The first-order valence-corrected chi connectivity index (χ1v) is 13.3. The Bertz CT molecular complexity index is 1610. The Morgan fingerprint density at radius 2 is 1.95 bits per heavy atom. The van der Waals surface area contributed by atoms with Crippen molar-refractivity contribution >= 4 is 45.1 Å². The quantitative estimate of drug-likeness (QED) is 0.249. The van der Waals surface area contributed by atoms with Crippen molar-refractivity contribution in [1.29, 1.82) is 0 Å². The second-order valence-electron chi connectivity index (χ2n) is 9.63. The molecule has 4 heterocycles. The second kappa shape index (κ2) is 9.05. The molecule has 2 atom stereocenters. The van der Waals surface area contributed by atoms with Crippen LogP contribution in [0.15, 0.2) is 30.5 Å². The molecule has 4 aromatic rings. The predicted octanol–water partition coefficient (Wildman–Crippen LogP) is 5.35. The van der Waals surface area contributed by atoms with Gasteiger partial charge in [-0.05, 0) is 43.4 Å². The van der Waals surface area contributed by atoms with Gasteiger partial charge in [0.2, 0.25) is 0 Å². The van der Waals surface area contributed by atoms with E-state index in [0.717, 1.165) is 25.9 Å². The maximum atomic E-state index is 16.6. The zero-order chi connectivity index (χ0) is 25.8. The van der Waals surface area contributed by atoms with Gasteiger partial charge in [0.15, 0.2) is 5.82 Å². The summed E-state index contributed by atoms with van der Waals surface area (Å²) >= 11 is 1.38. The molecule has 2 saturated heterocycles. The zero-order valence-corrected chi connectivity index (χ0v) is 21.2. The number of hydrogen-bond donors (Lipinski definition) is 3. The van der Waals surface area contributed by atoms with E-state index < -0.39 is 11.6 Å². The molecule has 37 heavy (non-hydrogen) atoms. The van der Waals surface area contributed by atoms with Crippen molar-refractivity contribution in [2.24, 2.45) is 0 Å². The second-order valence-corrected chi connectivity index (χ2v) is 10.2. The highest BCUT2D eigenvalue weighted by atomic mass is 32.2. The fourth-order valence-electron chi connectivity index (χ4n) is 5.74. The van der Waals surface area contributed by atoms with Crippen LogP contribution < -0.4 is 14.9 Å². The molecule has 2 aliphatic rings. The van der Waals surface area contributed by atoms with Crippen molar-refractivity contribution < 1.29 is 13.9 Å². The summed E-state index contributed by atoms with van der Waals surface area (Å²) in [5.41, 5.74) is 0.868. The third kappa shape index (κ3) is 3.83. The number of halogens is 2. The van der Waals surface area contributed by atoms with Gasteiger partial charge in [0.25, 0.3) is 0 Å². The molecular weight excluding hydrogens is 492 g/mol. The molecule has 2 aromatic heterocycles. The van der Waals surface area contributed by atoms with E-state index in [2.05, 4.69) is 25.8 Å². The molecule has 0 spiro atoms. The van der Waals surface area contributed by atoms with E-state index in [1.807, 2.05) is 13.2 Å². The van der Waals surface area contributed by atoms with Crippen LogP contribution in [0.4, 0.5) is 20.4 Å². The lowest BCUT2D eigenvalue weighted by atomic mass is 9.95. The summed E-state index contributed by atoms with van der Waals surface area (Å²) in [6.45, 7) is 3.39. The molecule has 2 bridgehead atoms. The van der Waals surface area contributed by atoms with Gasteiger partial charge in [0, 0.05) is 64.9 Å². The van der Waals surface area contributed by atoms with Gasteiger partial charge < -0.3 is 20.0 Å². The highest BCUT2D eigenvalue weighted by molar-refractivity contribution is 7.99. The number of nitrogens with zero attached hydrogens (tertiary/aromatic N) is 3. The topological polar surface area (TPSA) is 73.3 Å². The highest BCUT2D eigenvalue weighted by Crippen LogP contribution is 2.41. The van der Waals surface area contributed by atoms with Crippen LogP contribution in [0.2, 0.25) is 0 Å². The molecule has 2 unspecified atom stereocenters. The lowest BCUT2D eigenvalue weighted by Crippen LogP contribution is -2.51. The van der Waals surface area contributed by atoms with Crippen LogP contribution in [0, 0.1) is 30.9 Å². The van der Waals surface area contributed by atoms with E-state index in [9.17, 15) is 9.50 Å². The molecule has 0 radical (unpaired) electrons. The van der Waals surface area contributed by atoms with Gasteiger partial charge in [-0.1, -0.05) is 23.9 Å². The summed E-state index contributed by atoms with van der Waals surface area (Å²) in [5.74, 6) is 2.39. The third-order valence-electron chi connectivity index (χ3n) is 7.37. The maximum absolute atomic E-state index is 16.6. The van der Waals surface area contributed by atoms with Gasteiger partial charge in [-0.3, -0.25) is 4.98 Å². The molecular formula is C28H25F2N5OS. The average molecular weight is 518 g/mol. The van der Waals surface area contributed by atoms with Crippen LogP contribution in [-0.2, 0) is 0 Å². The Kier molecular flexibility index (Phi) is 5.81. The number of aryl methyl sites for hydroxylation is 1. The number of anilines is 2. The van der Waals surface area contributed by atoms with Crippen LogP contribution in [0.3, 0.4) is 0 Å². The number of benzene rings is 2. The van der Waals surface area contributed by atoms with Gasteiger partial charge in [-0.25, -0.2) is 13.8 Å². The van der Waals surface area contributed by atoms with E-state index in [1.54, 1.807) is 6.20 Å². The summed E-state index contributed by atoms with van der Waals surface area (Å²) in [6.07, 6.45) is 11.4. The predicted molar refractivity (Wildman–Crippen MR) is 146 cm³/mol. The Morgan fingerprint density at radius 1 is 1.19 bits per heavy atom. The molecule has 2 fully saturated rings. The van der Waals surface area contributed by atoms with Gasteiger partial charge in [0.1, 0.15) is 28.9 Å². The fraction of sp³-hybridized carbons (Fsp3) is 0.286. The number of aromatic nitrogens is 2. The molecule has 6 nitrogen and oxygen atoms in total. The van der Waals surface area contributed by atoms with Gasteiger partial charge in [0.05, 0.1) is 5.56 Å². The van der Waals surface area contributed by atoms with Crippen LogP contribution in [0.25, 0.3) is 32.8 Å². The molecule has 2 aromatic carbocycles. The number of piperazine rings is 1. The van der Waals surface area contributed by atoms with Crippen LogP contribution >= 0.6 is 11.9 Å². The maximum Gasteiger partial charge on any atom is 0.157 e. The smallest absolute Gasteiger partial charge is 0.157 e. The van der Waals surface area contributed by atoms with Crippen molar-refractivity contribution in [3.8, 4) is 29.4 Å². The molecule has 0 saturated carbocycles. The standard InChI is InChI=1S/C28H25F2N5OS/c1-4-19-22(29)8-5-15-9-18(36)10-20(24(15)19)26-25(30)23-14(2)27(34-37-3)33-28(21(23)11-31-26)35-12-16-6-7-17(13-35)32-16/h1,5,8-11,16-17,32,36H,6-7,12-13H2,2-3H3,(H,33,34). The molecule has 0 aliphatic carbocycles. The van der Waals surface area contributed by atoms with Gasteiger partial charge >= 0.3 is 0 Å². The van der Waals surface area contributed by atoms with Crippen molar-refractivity contribution in [2.45, 2.75) is 31.8 Å². The number of nitrogens with one attached hydrogen (secondary N) is 2. The van der Waals surface area contributed by atoms with E-state index in [-0.39, 0.29) is 22.6 Å². The number of aromatic hydroxyl groups is 1. The van der Waals surface area contributed by atoms with Gasteiger partial charge in [-0.15, -0.1) is 6.42 Å². The summed E-state index contributed by atoms with van der Waals surface area (Å²) in [5, 5.41) is 15.9. The number of terminal acetylenes is 1. The van der Waals surface area contributed by atoms with E-state index in [4.69, 9.17) is 11.4 Å². The SMILES string of the molecule is C#Cc1c(F)ccc2cc(O)cc(-c3ncc4c(N5CC6CCC(C5)N6)nc(NSC)c(C)c4c3F)c12. The van der Waals surface area contributed by atoms with Crippen molar-refractivity contribution in [3.05, 3.63) is 53.2 Å². The zero-order valence-electron chi connectivity index (χ0n) is 20.4. The Morgan fingerprint density at radius 3 is 2.65 bits per heavy atom. The Labute approximate surface area is 217 Å². The monoisotopic (exact) mass is 517 g/mol. The first-order chi connectivity index (χ1) is 17.9. The number of phenols is 1. The third-order valence-corrected chi connectivity index (χ3v) is 7.77. The summed E-state index contributed by atoms with van der Waals surface area (Å²) in [7, 11) is 0. The van der Waals surface area contributed by atoms with Crippen molar-refractivity contribution in [1.82, 2.24) is 15.3 Å². The Hall–Kier alpha value is -3.61. The molecule has 6 rings (SSSR count). The first-order valence-electron chi connectivity index (χ1n) is 12.1. The van der Waals surface area contributed by atoms with Crippen LogP contribution in [-0.4, -0.2) is 46.5 Å². The Balaban J connectivity index is 1.63. The minimum Gasteiger partial charge on any atom is -0.508 e. The minimum absolute atomic E-state index is 0.00182.